The van der Waals surface area contributed by atoms with E-state index in [1.54, 1.807) is 6.07 Å². The normalized spacial score (nSPS) is 17.6. The number of amides is 1. The highest BCUT2D eigenvalue weighted by Crippen LogP contribution is 2.36. The smallest absolute Gasteiger partial charge is 0.410 e. The number of hydrogen-bond donors (Lipinski definition) is 2. The van der Waals surface area contributed by atoms with E-state index in [0.717, 1.165) is 24.8 Å². The molecule has 1 atom stereocenters. The lowest BCUT2D eigenvalue weighted by Crippen LogP contribution is -2.45. The molecule has 2 aromatic rings. The molecule has 1 aliphatic heterocycles. The lowest BCUT2D eigenvalue weighted by Gasteiger charge is -2.33. The summed E-state index contributed by atoms with van der Waals surface area (Å²) < 4.78 is 35.1. The van der Waals surface area contributed by atoms with Crippen LogP contribution in [0.4, 0.5) is 10.6 Å². The summed E-state index contributed by atoms with van der Waals surface area (Å²) >= 11 is 0. The van der Waals surface area contributed by atoms with Gasteiger partial charge in [0.15, 0.2) is 16.6 Å². The molecule has 0 aliphatic carbocycles. The van der Waals surface area contributed by atoms with Gasteiger partial charge >= 0.3 is 6.09 Å². The highest BCUT2D eigenvalue weighted by Gasteiger charge is 2.42. The van der Waals surface area contributed by atoms with Crippen molar-refractivity contribution < 1.29 is 22.7 Å². The van der Waals surface area contributed by atoms with Crippen molar-refractivity contribution in [3.8, 4) is 5.75 Å². The summed E-state index contributed by atoms with van der Waals surface area (Å²) in [6, 6.07) is 12.6. The van der Waals surface area contributed by atoms with Crippen LogP contribution in [0.15, 0.2) is 47.5 Å². The maximum atomic E-state index is 12.7. The van der Waals surface area contributed by atoms with E-state index in [-0.39, 0.29) is 16.7 Å². The summed E-state index contributed by atoms with van der Waals surface area (Å²) in [6.07, 6.45) is 2.31. The summed E-state index contributed by atoms with van der Waals surface area (Å²) in [6.45, 7) is 11.3. The number of nitrogens with two attached hydrogens (primary N) is 1. The first-order chi connectivity index (χ1) is 16.7. The monoisotopic (exact) mass is 518 g/mol. The van der Waals surface area contributed by atoms with Gasteiger partial charge in [0.1, 0.15) is 12.2 Å². The Balaban J connectivity index is 1.59. The summed E-state index contributed by atoms with van der Waals surface area (Å²) in [4.78, 5) is 18.7. The first kappa shape index (κ1) is 27.7. The van der Waals surface area contributed by atoms with Crippen molar-refractivity contribution in [1.82, 2.24) is 9.88 Å². The van der Waals surface area contributed by atoms with Crippen LogP contribution in [0.2, 0.25) is 0 Å². The van der Waals surface area contributed by atoms with Gasteiger partial charge in [-0.05, 0) is 77.5 Å². The second-order valence-electron chi connectivity index (χ2n) is 10.9. The van der Waals surface area contributed by atoms with E-state index in [4.69, 9.17) is 14.6 Å². The van der Waals surface area contributed by atoms with E-state index in [1.807, 2.05) is 56.0 Å². The number of aromatic nitrogens is 1. The predicted molar refractivity (Wildman–Crippen MR) is 139 cm³/mol. The molecule has 1 aromatic carbocycles. The van der Waals surface area contributed by atoms with E-state index in [1.165, 1.54) is 6.07 Å². The number of sulfonamides is 1. The highest BCUT2D eigenvalue weighted by atomic mass is 32.2. The summed E-state index contributed by atoms with van der Waals surface area (Å²) in [5.41, 5.74) is 0.176. The molecule has 2 heterocycles. The maximum absolute atomic E-state index is 12.7. The Kier molecular flexibility index (Phi) is 8.51. The number of hydrogen-bond acceptors (Lipinski definition) is 7. The van der Waals surface area contributed by atoms with Crippen LogP contribution in [0, 0.1) is 5.92 Å². The number of pyridine rings is 1. The molecule has 1 aliphatic rings. The molecule has 1 saturated heterocycles. The molecule has 0 bridgehead atoms. The minimum Gasteiger partial charge on any atom is -0.485 e. The number of ether oxygens (including phenoxy) is 2. The summed E-state index contributed by atoms with van der Waals surface area (Å²) in [5.74, 6) is 1.12. The van der Waals surface area contributed by atoms with Crippen LogP contribution in [-0.4, -0.2) is 48.6 Å². The fraction of sp³-hybridized carbons (Fsp3) is 0.538. The lowest BCUT2D eigenvalue weighted by molar-refractivity contribution is 0.0131. The molecule has 10 heteroatoms. The third-order valence-corrected chi connectivity index (χ3v) is 6.83. The Labute approximate surface area is 214 Å². The second kappa shape index (κ2) is 11.0. The fourth-order valence-electron chi connectivity index (χ4n) is 4.38. The largest absolute Gasteiger partial charge is 0.485 e. The minimum absolute atomic E-state index is 0.220. The van der Waals surface area contributed by atoms with E-state index in [9.17, 15) is 13.2 Å². The number of primary sulfonamides is 1. The van der Waals surface area contributed by atoms with Gasteiger partial charge in [-0.1, -0.05) is 30.3 Å². The zero-order valence-electron chi connectivity index (χ0n) is 21.8. The van der Waals surface area contributed by atoms with E-state index >= 15 is 0 Å². The van der Waals surface area contributed by atoms with Gasteiger partial charge in [-0.2, -0.15) is 0 Å². The van der Waals surface area contributed by atoms with Crippen LogP contribution in [-0.2, 0) is 21.4 Å². The molecule has 0 unspecified atom stereocenters. The number of nitrogens with one attached hydrogen (secondary N) is 1. The Morgan fingerprint density at radius 1 is 1.19 bits per heavy atom. The number of carbonyl (C=O) groups excluding carboxylic acids is 1. The van der Waals surface area contributed by atoms with Gasteiger partial charge in [-0.15, -0.1) is 0 Å². The molecule has 1 fully saturated rings. The van der Waals surface area contributed by atoms with E-state index < -0.39 is 15.6 Å². The zero-order valence-corrected chi connectivity index (χ0v) is 22.6. The number of anilines is 1. The van der Waals surface area contributed by atoms with Crippen molar-refractivity contribution in [1.29, 1.82) is 0 Å². The molecule has 1 amide bonds. The Morgan fingerprint density at radius 3 is 2.53 bits per heavy atom. The maximum Gasteiger partial charge on any atom is 0.410 e. The summed E-state index contributed by atoms with van der Waals surface area (Å²) in [7, 11) is -3.95. The number of benzene rings is 1. The van der Waals surface area contributed by atoms with Gasteiger partial charge in [0, 0.05) is 18.6 Å². The zero-order chi connectivity index (χ0) is 26.6. The number of nitrogens with zero attached hydrogens (tertiary/aromatic N) is 2. The molecule has 0 saturated carbocycles. The van der Waals surface area contributed by atoms with Crippen LogP contribution < -0.4 is 15.2 Å². The van der Waals surface area contributed by atoms with Crippen molar-refractivity contribution in [2.24, 2.45) is 11.1 Å². The quantitative estimate of drug-likeness (QED) is 0.467. The van der Waals surface area contributed by atoms with Crippen molar-refractivity contribution in [3.63, 3.8) is 0 Å². The number of carbonyl (C=O) groups is 1. The van der Waals surface area contributed by atoms with Gasteiger partial charge in [-0.3, -0.25) is 0 Å². The molecule has 198 valence electrons. The van der Waals surface area contributed by atoms with Gasteiger partial charge < -0.3 is 19.7 Å². The fourth-order valence-corrected chi connectivity index (χ4v) is 4.86. The lowest BCUT2D eigenvalue weighted by atomic mass is 9.93. The van der Waals surface area contributed by atoms with Crippen molar-refractivity contribution in [2.45, 2.75) is 76.7 Å². The van der Waals surface area contributed by atoms with Crippen LogP contribution >= 0.6 is 0 Å². The first-order valence-electron chi connectivity index (χ1n) is 12.2. The number of likely N-dealkylation sites (tertiary alicyclic amines) is 1. The van der Waals surface area contributed by atoms with Gasteiger partial charge in [0.25, 0.3) is 10.0 Å². The first-order valence-corrected chi connectivity index (χ1v) is 13.7. The van der Waals surface area contributed by atoms with Crippen molar-refractivity contribution in [2.75, 3.05) is 18.4 Å². The molecule has 3 rings (SSSR count). The average Bonchev–Trinajstić information content (AvgIpc) is 3.08. The SMILES string of the molecule is CC(C)(C)OC(=O)N1C[C@@H](CCCNc2nc(S(N)(=O)=O)ccc2OCc2ccccc2)CC1(C)C. The molecular formula is C26H38N4O5S. The predicted octanol–water partition coefficient (Wildman–Crippen LogP) is 4.54. The topological polar surface area (TPSA) is 124 Å². The van der Waals surface area contributed by atoms with Gasteiger partial charge in [-0.25, -0.2) is 23.3 Å². The van der Waals surface area contributed by atoms with Gasteiger partial charge in [0.05, 0.1) is 0 Å². The number of rotatable bonds is 9. The Bertz CT molecular complexity index is 1150. The molecular weight excluding hydrogens is 480 g/mol. The molecule has 0 radical (unpaired) electrons. The van der Waals surface area contributed by atoms with Crippen molar-refractivity contribution in [3.05, 3.63) is 48.0 Å². The third-order valence-electron chi connectivity index (χ3n) is 6.02. The second-order valence-corrected chi connectivity index (χ2v) is 12.4. The van der Waals surface area contributed by atoms with E-state index in [0.29, 0.717) is 37.2 Å². The molecule has 9 nitrogen and oxygen atoms in total. The molecule has 1 aromatic heterocycles. The van der Waals surface area contributed by atoms with E-state index in [2.05, 4.69) is 24.1 Å². The molecule has 0 spiro atoms. The van der Waals surface area contributed by atoms with Crippen molar-refractivity contribution >= 4 is 21.9 Å². The minimum atomic E-state index is -3.95. The standard InChI is InChI=1S/C26H38N4O5S/c1-25(2,3)35-24(31)30-17-20(16-26(30,4)5)12-9-15-28-23-21(13-14-22(29-23)36(27,32)33)34-18-19-10-7-6-8-11-19/h6-8,10-11,13-14,20H,9,12,15-18H2,1-5H3,(H,28,29)(H2,27,32,33)/t20-/m0/s1. The highest BCUT2D eigenvalue weighted by molar-refractivity contribution is 7.89. The Hall–Kier alpha value is -2.85. The summed E-state index contributed by atoms with van der Waals surface area (Å²) in [5, 5.41) is 8.27. The average molecular weight is 519 g/mol. The van der Waals surface area contributed by atoms with Crippen LogP contribution in [0.25, 0.3) is 0 Å². The van der Waals surface area contributed by atoms with Crippen LogP contribution in [0.5, 0.6) is 5.75 Å². The van der Waals surface area contributed by atoms with Crippen LogP contribution in [0.3, 0.4) is 0 Å². The Morgan fingerprint density at radius 2 is 1.89 bits per heavy atom. The van der Waals surface area contributed by atoms with Gasteiger partial charge in [0.2, 0.25) is 0 Å². The molecule has 36 heavy (non-hydrogen) atoms. The van der Waals surface area contributed by atoms with Crippen LogP contribution in [0.1, 0.15) is 59.4 Å². The molecule has 3 N–H and O–H groups in total. The third kappa shape index (κ3) is 7.83.